The zero-order chi connectivity index (χ0) is 29.6. The third kappa shape index (κ3) is 5.86. The van der Waals surface area contributed by atoms with Crippen molar-refractivity contribution >= 4 is 27.3 Å². The molecule has 4 aromatic heterocycles. The molecule has 41 heavy (non-hydrogen) atoms. The molecule has 1 aliphatic carbocycles. The van der Waals surface area contributed by atoms with E-state index in [1.807, 2.05) is 13.8 Å². The molecule has 216 valence electrons. The van der Waals surface area contributed by atoms with Crippen LogP contribution >= 0.6 is 0 Å². The molecule has 4 heterocycles. The fourth-order valence-electron chi connectivity index (χ4n) is 3.94. The summed E-state index contributed by atoms with van der Waals surface area (Å²) in [6.45, 7) is 4.53. The molecule has 3 N–H and O–H groups in total. The van der Waals surface area contributed by atoms with Crippen LogP contribution in [0.4, 0.5) is 30.5 Å². The lowest BCUT2D eigenvalue weighted by atomic mass is 9.96. The fourth-order valence-corrected chi connectivity index (χ4v) is 5.42. The summed E-state index contributed by atoms with van der Waals surface area (Å²) in [5.74, 6) is 1.06. The molecular formula is C26H27F3N8O3S. The van der Waals surface area contributed by atoms with E-state index in [2.05, 4.69) is 35.7 Å². The van der Waals surface area contributed by atoms with Crippen LogP contribution in [-0.2, 0) is 15.6 Å². The second-order valence-corrected chi connectivity index (χ2v) is 12.2. The first-order valence-corrected chi connectivity index (χ1v) is 14.2. The largest absolute Gasteiger partial charge is 0.421 e. The van der Waals surface area contributed by atoms with E-state index < -0.39 is 27.1 Å². The normalized spacial score (nSPS) is 15.5. The van der Waals surface area contributed by atoms with Crippen molar-refractivity contribution in [2.75, 3.05) is 10.6 Å². The molecule has 0 radical (unpaired) electrons. The molecule has 0 bridgehead atoms. The van der Waals surface area contributed by atoms with E-state index in [1.54, 1.807) is 12.1 Å². The summed E-state index contributed by atoms with van der Waals surface area (Å²) >= 11 is 0. The van der Waals surface area contributed by atoms with Gasteiger partial charge in [0.05, 0.1) is 28.9 Å². The van der Waals surface area contributed by atoms with E-state index in [0.717, 1.165) is 10.3 Å². The molecule has 4 aromatic rings. The van der Waals surface area contributed by atoms with Crippen LogP contribution in [0.25, 0.3) is 22.6 Å². The first kappa shape index (κ1) is 28.4. The molecule has 0 amide bonds. The Labute approximate surface area is 234 Å². The maximum absolute atomic E-state index is 13.2. The Morgan fingerprint density at radius 3 is 2.44 bits per heavy atom. The Morgan fingerprint density at radius 2 is 1.80 bits per heavy atom. The van der Waals surface area contributed by atoms with Gasteiger partial charge in [0.15, 0.2) is 11.4 Å². The molecule has 11 nitrogen and oxygen atoms in total. The van der Waals surface area contributed by atoms with Gasteiger partial charge in [-0.2, -0.15) is 22.4 Å². The van der Waals surface area contributed by atoms with Crippen LogP contribution in [0, 0.1) is 0 Å². The van der Waals surface area contributed by atoms with E-state index in [-0.39, 0.29) is 17.4 Å². The maximum Gasteiger partial charge on any atom is 0.421 e. The minimum absolute atomic E-state index is 0.00310. The van der Waals surface area contributed by atoms with Gasteiger partial charge in [-0.05, 0) is 45.7 Å². The molecular weight excluding hydrogens is 561 g/mol. The number of aliphatic hydroxyl groups is 1. The minimum Gasteiger partial charge on any atom is -0.382 e. The number of nitrogens with one attached hydrogen (secondary N) is 2. The number of rotatable bonds is 9. The lowest BCUT2D eigenvalue weighted by Crippen LogP contribution is -2.39. The fraction of sp³-hybridized carbons (Fsp3) is 0.346. The van der Waals surface area contributed by atoms with Crippen molar-refractivity contribution in [3.05, 3.63) is 60.8 Å². The summed E-state index contributed by atoms with van der Waals surface area (Å²) in [5.41, 5.74) is -1.48. The van der Waals surface area contributed by atoms with Crippen molar-refractivity contribution < 1.29 is 26.7 Å². The van der Waals surface area contributed by atoms with E-state index >= 15 is 0 Å². The molecule has 0 spiro atoms. The maximum atomic E-state index is 13.2. The van der Waals surface area contributed by atoms with Crippen molar-refractivity contribution in [2.24, 2.45) is 0 Å². The predicted molar refractivity (Wildman–Crippen MR) is 146 cm³/mol. The Balaban J connectivity index is 1.40. The molecule has 0 aliphatic heterocycles. The summed E-state index contributed by atoms with van der Waals surface area (Å²) in [6.07, 6.45) is 3.19. The highest BCUT2D eigenvalue weighted by molar-refractivity contribution is 7.90. The van der Waals surface area contributed by atoms with Gasteiger partial charge in [0.1, 0.15) is 11.6 Å². The zero-order valence-corrected chi connectivity index (χ0v) is 23.1. The van der Waals surface area contributed by atoms with Crippen LogP contribution in [0.3, 0.4) is 0 Å². The van der Waals surface area contributed by atoms with Gasteiger partial charge >= 0.3 is 6.18 Å². The van der Waals surface area contributed by atoms with Gasteiger partial charge in [0.2, 0.25) is 0 Å². The Bertz CT molecular complexity index is 1670. The molecule has 5 rings (SSSR count). The third-order valence-electron chi connectivity index (χ3n) is 6.44. The second-order valence-electron chi connectivity index (χ2n) is 10.2. The monoisotopic (exact) mass is 588 g/mol. The Morgan fingerprint density at radius 1 is 1.05 bits per heavy atom. The summed E-state index contributed by atoms with van der Waals surface area (Å²) in [4.78, 5) is 17.3. The minimum atomic E-state index is -4.86. The lowest BCUT2D eigenvalue weighted by molar-refractivity contribution is -0.259. The summed E-state index contributed by atoms with van der Waals surface area (Å²) < 4.78 is 65.6. The number of aromatic nitrogens is 6. The van der Waals surface area contributed by atoms with Gasteiger partial charge in [-0.3, -0.25) is 4.98 Å². The highest BCUT2D eigenvalue weighted by atomic mass is 32.2. The molecule has 15 heteroatoms. The van der Waals surface area contributed by atoms with E-state index in [0.29, 0.717) is 53.9 Å². The topological polar surface area (TPSA) is 148 Å². The van der Waals surface area contributed by atoms with Gasteiger partial charge in [-0.1, -0.05) is 6.07 Å². The lowest BCUT2D eigenvalue weighted by Gasteiger charge is -2.26. The highest BCUT2D eigenvalue weighted by Gasteiger charge is 2.51. The second kappa shape index (κ2) is 10.4. The van der Waals surface area contributed by atoms with E-state index in [1.165, 1.54) is 36.9 Å². The molecule has 1 aliphatic rings. The Hall–Kier alpha value is -4.11. The number of halogens is 3. The first-order valence-electron chi connectivity index (χ1n) is 12.7. The van der Waals surface area contributed by atoms with Crippen LogP contribution in [-0.4, -0.2) is 60.1 Å². The van der Waals surface area contributed by atoms with Crippen LogP contribution < -0.4 is 10.6 Å². The highest BCUT2D eigenvalue weighted by Crippen LogP contribution is 2.39. The van der Waals surface area contributed by atoms with E-state index in [4.69, 9.17) is 0 Å². The van der Waals surface area contributed by atoms with Crippen LogP contribution in [0.15, 0.2) is 55.2 Å². The smallest absolute Gasteiger partial charge is 0.382 e. The number of alkyl halides is 3. The zero-order valence-electron chi connectivity index (χ0n) is 22.3. The van der Waals surface area contributed by atoms with Crippen molar-refractivity contribution in [3.8, 4) is 22.6 Å². The molecule has 1 unspecified atom stereocenters. The van der Waals surface area contributed by atoms with Crippen molar-refractivity contribution in [3.63, 3.8) is 0 Å². The van der Waals surface area contributed by atoms with Crippen LogP contribution in [0.2, 0.25) is 0 Å². The molecule has 1 saturated carbocycles. The molecule has 1 fully saturated rings. The quantitative estimate of drug-likeness (QED) is 0.256. The van der Waals surface area contributed by atoms with Gasteiger partial charge in [-0.25, -0.2) is 23.4 Å². The first-order chi connectivity index (χ1) is 19.3. The van der Waals surface area contributed by atoms with Crippen molar-refractivity contribution in [2.45, 2.75) is 56.7 Å². The standard InChI is InChI=1S/C26H27F3N8O3S/c1-15(2)34-21-10-23(32-13-19(21)20-7-4-17(12-31-20)25(3,38)26(27,28)29)35-22-8-9-30-24(36-22)16-11-33-37(14-16)41(39,40)18-5-6-18/h4,7-15,18,38H,5-6H2,1-3H3,(H2,30,32,34,35,36). The number of nitrogens with zero attached hydrogens (tertiary/aromatic N) is 6. The van der Waals surface area contributed by atoms with Gasteiger partial charge in [-0.15, -0.1) is 0 Å². The number of pyridine rings is 2. The summed E-state index contributed by atoms with van der Waals surface area (Å²) in [6, 6.07) is 5.90. The number of hydrogen-bond acceptors (Lipinski definition) is 10. The van der Waals surface area contributed by atoms with Crippen LogP contribution in [0.5, 0.6) is 0 Å². The summed E-state index contributed by atoms with van der Waals surface area (Å²) in [7, 11) is -3.52. The van der Waals surface area contributed by atoms with Crippen molar-refractivity contribution in [1.29, 1.82) is 0 Å². The van der Waals surface area contributed by atoms with Gasteiger partial charge in [0, 0.05) is 47.5 Å². The Kier molecular flexibility index (Phi) is 7.19. The van der Waals surface area contributed by atoms with E-state index in [9.17, 15) is 26.7 Å². The number of anilines is 3. The van der Waals surface area contributed by atoms with Gasteiger partial charge in [0.25, 0.3) is 10.0 Å². The van der Waals surface area contributed by atoms with Crippen molar-refractivity contribution in [1.82, 2.24) is 29.1 Å². The number of hydrogen-bond donors (Lipinski definition) is 3. The molecule has 0 saturated heterocycles. The van der Waals surface area contributed by atoms with Gasteiger partial charge < -0.3 is 15.7 Å². The average Bonchev–Trinajstić information content (AvgIpc) is 3.65. The molecule has 0 aromatic carbocycles. The molecule has 1 atom stereocenters. The third-order valence-corrected chi connectivity index (χ3v) is 8.47. The predicted octanol–water partition coefficient (Wildman–Crippen LogP) is 4.47. The SMILES string of the molecule is CC(C)Nc1cc(Nc2ccnc(-c3cnn(S(=O)(=O)C4CC4)c3)n2)ncc1-c1ccc(C(C)(O)C(F)(F)F)cn1. The van der Waals surface area contributed by atoms with Crippen LogP contribution in [0.1, 0.15) is 39.2 Å². The average molecular weight is 589 g/mol. The summed E-state index contributed by atoms with van der Waals surface area (Å²) in [5, 5.41) is 19.9.